The van der Waals surface area contributed by atoms with Crippen LogP contribution < -0.4 is 0 Å². The Balaban J connectivity index is 1.36. The van der Waals surface area contributed by atoms with E-state index in [0.717, 1.165) is 74.7 Å². The van der Waals surface area contributed by atoms with Crippen LogP contribution in [0.5, 0.6) is 0 Å². The average Bonchev–Trinajstić information content (AvgIpc) is 3.16. The van der Waals surface area contributed by atoms with E-state index in [0.29, 0.717) is 34.7 Å². The molecule has 38 heavy (non-hydrogen) atoms. The van der Waals surface area contributed by atoms with E-state index in [1.54, 1.807) is 11.8 Å². The van der Waals surface area contributed by atoms with Crippen molar-refractivity contribution < 1.29 is 23.8 Å². The van der Waals surface area contributed by atoms with Gasteiger partial charge in [-0.15, -0.1) is 23.4 Å². The van der Waals surface area contributed by atoms with Crippen LogP contribution in [-0.2, 0) is 30.4 Å². The van der Waals surface area contributed by atoms with Gasteiger partial charge >= 0.3 is 11.9 Å². The van der Waals surface area contributed by atoms with E-state index in [1.807, 2.05) is 18.2 Å². The zero-order valence-electron chi connectivity index (χ0n) is 21.9. The van der Waals surface area contributed by atoms with Crippen LogP contribution in [0.15, 0.2) is 35.2 Å². The number of rotatable bonds is 14. The SMILES string of the molecule is CC(=O)OCc1cc(Cl)cc(SC[C@H]2C(Cl)C(Br)C[C@@H]2CC=CCCCC(=O)OCCN2CCOCC2)c1. The van der Waals surface area contributed by atoms with Gasteiger partial charge in [-0.1, -0.05) is 39.7 Å². The summed E-state index contributed by atoms with van der Waals surface area (Å²) in [6.45, 7) is 6.16. The number of allylic oxidation sites excluding steroid dienone is 2. The van der Waals surface area contributed by atoms with Crippen molar-refractivity contribution in [2.45, 2.75) is 60.7 Å². The number of hydrogen-bond donors (Lipinski definition) is 0. The minimum absolute atomic E-state index is 0.0628. The molecule has 2 aliphatic rings. The second kappa shape index (κ2) is 17.1. The van der Waals surface area contributed by atoms with E-state index >= 15 is 0 Å². The second-order valence-corrected chi connectivity index (χ2v) is 13.0. The van der Waals surface area contributed by atoms with E-state index in [-0.39, 0.29) is 23.9 Å². The Bertz CT molecular complexity index is 931. The molecule has 0 spiro atoms. The van der Waals surface area contributed by atoms with Gasteiger partial charge in [-0.2, -0.15) is 0 Å². The first-order valence-electron chi connectivity index (χ1n) is 13.3. The van der Waals surface area contributed by atoms with Crippen LogP contribution in [0.3, 0.4) is 0 Å². The van der Waals surface area contributed by atoms with Gasteiger partial charge in [0.05, 0.1) is 13.2 Å². The lowest BCUT2D eigenvalue weighted by Gasteiger charge is -2.26. The molecule has 0 radical (unpaired) electrons. The van der Waals surface area contributed by atoms with Crippen molar-refractivity contribution >= 4 is 62.8 Å². The van der Waals surface area contributed by atoms with Gasteiger partial charge in [-0.05, 0) is 61.3 Å². The molecule has 212 valence electrons. The third kappa shape index (κ3) is 11.4. The normalized spacial score (nSPS) is 24.1. The number of carbonyl (C=O) groups excluding carboxylic acids is 2. The number of alkyl halides is 2. The highest BCUT2D eigenvalue weighted by Gasteiger charge is 2.40. The summed E-state index contributed by atoms with van der Waals surface area (Å²) in [6, 6.07) is 5.78. The van der Waals surface area contributed by atoms with Crippen molar-refractivity contribution in [1.29, 1.82) is 0 Å². The smallest absolute Gasteiger partial charge is 0.305 e. The van der Waals surface area contributed by atoms with Gasteiger partial charge in [0.25, 0.3) is 0 Å². The predicted molar refractivity (Wildman–Crippen MR) is 157 cm³/mol. The maximum Gasteiger partial charge on any atom is 0.305 e. The number of morpholine rings is 1. The first-order chi connectivity index (χ1) is 18.3. The Kier molecular flexibility index (Phi) is 14.3. The number of halogens is 3. The number of nitrogens with zero attached hydrogens (tertiary/aromatic N) is 1. The molecule has 1 saturated heterocycles. The lowest BCUT2D eigenvalue weighted by atomic mass is 9.94. The number of esters is 2. The Morgan fingerprint density at radius 2 is 2.00 bits per heavy atom. The topological polar surface area (TPSA) is 65.1 Å². The van der Waals surface area contributed by atoms with Crippen LogP contribution in [-0.4, -0.2) is 72.3 Å². The highest BCUT2D eigenvalue weighted by Crippen LogP contribution is 2.44. The molecule has 1 aliphatic carbocycles. The van der Waals surface area contributed by atoms with Crippen molar-refractivity contribution in [3.63, 3.8) is 0 Å². The first kappa shape index (κ1) is 31.8. The number of unbranched alkanes of at least 4 members (excludes halogenated alkanes) is 1. The maximum atomic E-state index is 12.0. The highest BCUT2D eigenvalue weighted by atomic mass is 79.9. The molecule has 0 bridgehead atoms. The van der Waals surface area contributed by atoms with Gasteiger partial charge in [0.2, 0.25) is 0 Å². The van der Waals surface area contributed by atoms with E-state index in [4.69, 9.17) is 37.4 Å². The summed E-state index contributed by atoms with van der Waals surface area (Å²) < 4.78 is 15.8. The standard InChI is InChI=1S/C28H38BrCl2NO5S/c1-20(33)37-18-21-14-23(30)17-24(15-21)38-19-25-22(16-26(29)28(25)31)6-4-2-3-5-7-27(34)36-13-10-32-8-11-35-12-9-32/h2,4,14-15,17,22,25-26,28H,3,5-13,16,18-19H2,1H3/t22-,25+,26?,28?/m0/s1. The summed E-state index contributed by atoms with van der Waals surface area (Å²) in [6.07, 6.45) is 8.51. The monoisotopic (exact) mass is 649 g/mol. The van der Waals surface area contributed by atoms with Crippen molar-refractivity contribution in [3.8, 4) is 0 Å². The lowest BCUT2D eigenvalue weighted by Crippen LogP contribution is -2.38. The number of benzene rings is 1. The molecule has 0 amide bonds. The van der Waals surface area contributed by atoms with Crippen molar-refractivity contribution in [2.75, 3.05) is 45.2 Å². The summed E-state index contributed by atoms with van der Waals surface area (Å²) >= 11 is 18.6. The van der Waals surface area contributed by atoms with Crippen molar-refractivity contribution in [1.82, 2.24) is 4.90 Å². The van der Waals surface area contributed by atoms with Gasteiger partial charge in [0.15, 0.2) is 0 Å². The van der Waals surface area contributed by atoms with E-state index in [9.17, 15) is 9.59 Å². The van der Waals surface area contributed by atoms with E-state index in [1.165, 1.54) is 6.92 Å². The summed E-state index contributed by atoms with van der Waals surface area (Å²) in [5.41, 5.74) is 0.878. The highest BCUT2D eigenvalue weighted by molar-refractivity contribution is 9.09. The fraction of sp³-hybridized carbons (Fsp3) is 0.643. The molecule has 2 unspecified atom stereocenters. The quantitative estimate of drug-likeness (QED) is 0.0749. The first-order valence-corrected chi connectivity index (χ1v) is 16.0. The fourth-order valence-corrected chi connectivity index (χ4v) is 7.73. The van der Waals surface area contributed by atoms with Crippen molar-refractivity contribution in [3.05, 3.63) is 40.9 Å². The average molecular weight is 651 g/mol. The number of ether oxygens (including phenoxy) is 3. The Labute approximate surface area is 249 Å². The Hall–Kier alpha value is -0.770. The van der Waals surface area contributed by atoms with Gasteiger partial charge in [-0.25, -0.2) is 0 Å². The molecule has 1 aromatic rings. The van der Waals surface area contributed by atoms with Crippen LogP contribution in [0.4, 0.5) is 0 Å². The largest absolute Gasteiger partial charge is 0.464 e. The molecular weight excluding hydrogens is 613 g/mol. The van der Waals surface area contributed by atoms with Crippen LogP contribution in [0.25, 0.3) is 0 Å². The molecule has 10 heteroatoms. The molecule has 2 fully saturated rings. The Morgan fingerprint density at radius 1 is 1.21 bits per heavy atom. The summed E-state index contributed by atoms with van der Waals surface area (Å²) in [7, 11) is 0. The van der Waals surface area contributed by atoms with E-state index < -0.39 is 0 Å². The molecule has 0 N–H and O–H groups in total. The molecule has 1 aromatic carbocycles. The van der Waals surface area contributed by atoms with Crippen LogP contribution in [0.1, 0.15) is 44.6 Å². The maximum absolute atomic E-state index is 12.0. The molecule has 6 nitrogen and oxygen atoms in total. The summed E-state index contributed by atoms with van der Waals surface area (Å²) in [4.78, 5) is 26.7. The van der Waals surface area contributed by atoms with Crippen molar-refractivity contribution in [2.24, 2.45) is 11.8 Å². The van der Waals surface area contributed by atoms with Gasteiger partial charge in [0, 0.05) is 58.9 Å². The van der Waals surface area contributed by atoms with Gasteiger partial charge < -0.3 is 14.2 Å². The van der Waals surface area contributed by atoms with Gasteiger partial charge in [-0.3, -0.25) is 14.5 Å². The molecule has 0 aromatic heterocycles. The Morgan fingerprint density at radius 3 is 2.76 bits per heavy atom. The van der Waals surface area contributed by atoms with Gasteiger partial charge in [0.1, 0.15) is 13.2 Å². The minimum atomic E-state index is -0.311. The molecule has 1 saturated carbocycles. The van der Waals surface area contributed by atoms with Crippen LogP contribution in [0.2, 0.25) is 5.02 Å². The molecule has 1 aliphatic heterocycles. The fourth-order valence-electron chi connectivity index (χ4n) is 4.72. The molecule has 1 heterocycles. The summed E-state index contributed by atoms with van der Waals surface area (Å²) in [5, 5.41) is 0.692. The zero-order valence-corrected chi connectivity index (χ0v) is 25.8. The second-order valence-electron chi connectivity index (χ2n) is 9.78. The third-order valence-electron chi connectivity index (χ3n) is 6.84. The molecule has 4 atom stereocenters. The third-order valence-corrected chi connectivity index (χ3v) is 10.0. The zero-order chi connectivity index (χ0) is 27.3. The minimum Gasteiger partial charge on any atom is -0.464 e. The number of hydrogen-bond acceptors (Lipinski definition) is 7. The molecular formula is C28H38BrCl2NO5S. The lowest BCUT2D eigenvalue weighted by molar-refractivity contribution is -0.144. The van der Waals surface area contributed by atoms with Crippen LogP contribution >= 0.6 is 50.9 Å². The number of thioether (sulfide) groups is 1. The molecule has 3 rings (SSSR count). The van der Waals surface area contributed by atoms with E-state index in [2.05, 4.69) is 33.0 Å². The summed E-state index contributed by atoms with van der Waals surface area (Å²) in [5.74, 6) is 1.29. The number of carbonyl (C=O) groups is 2. The van der Waals surface area contributed by atoms with Crippen LogP contribution in [0, 0.1) is 11.8 Å². The predicted octanol–water partition coefficient (Wildman–Crippen LogP) is 6.49.